The number of aromatic amines is 1. The molecule has 1 N–H and O–H groups in total. The van der Waals surface area contributed by atoms with Gasteiger partial charge in [0.25, 0.3) is 0 Å². The highest BCUT2D eigenvalue weighted by Gasteiger charge is 2.38. The summed E-state index contributed by atoms with van der Waals surface area (Å²) in [4.78, 5) is 3.33. The highest BCUT2D eigenvalue weighted by atomic mass is 19.4. The second-order valence-electron chi connectivity index (χ2n) is 4.80. The molecule has 0 bridgehead atoms. The molecule has 0 radical (unpaired) electrons. The van der Waals surface area contributed by atoms with Gasteiger partial charge in [-0.3, -0.25) is 5.10 Å². The maximum absolute atomic E-state index is 12.4. The fraction of sp³-hybridized carbons (Fsp3) is 0.214. The highest BCUT2D eigenvalue weighted by molar-refractivity contribution is 5.54. The maximum Gasteiger partial charge on any atom is 0.471 e. The summed E-state index contributed by atoms with van der Waals surface area (Å²) in [5.41, 5.74) is 2.13. The van der Waals surface area contributed by atoms with E-state index >= 15 is 0 Å². The molecule has 0 aliphatic rings. The zero-order valence-corrected chi connectivity index (χ0v) is 11.9. The number of ether oxygens (including phenoxy) is 1. The molecule has 1 aromatic carbocycles. The minimum atomic E-state index is -4.65. The van der Waals surface area contributed by atoms with E-state index in [9.17, 15) is 13.2 Å². The Morgan fingerprint density at radius 2 is 1.96 bits per heavy atom. The average molecular weight is 324 g/mol. The molecule has 0 unspecified atom stereocenters. The minimum absolute atomic E-state index is 0.118. The molecule has 0 aliphatic heterocycles. The van der Waals surface area contributed by atoms with Crippen LogP contribution < -0.4 is 4.74 Å². The molecule has 0 saturated carbocycles. The molecule has 2 heterocycles. The molecule has 120 valence electrons. The van der Waals surface area contributed by atoms with Crippen LogP contribution in [-0.2, 0) is 12.8 Å². The van der Waals surface area contributed by atoms with Crippen LogP contribution in [0.25, 0.3) is 11.4 Å². The van der Waals surface area contributed by atoms with E-state index in [-0.39, 0.29) is 12.4 Å². The zero-order valence-electron chi connectivity index (χ0n) is 11.9. The Morgan fingerprint density at radius 1 is 1.22 bits per heavy atom. The van der Waals surface area contributed by atoms with Crippen LogP contribution in [0.5, 0.6) is 5.88 Å². The van der Waals surface area contributed by atoms with E-state index in [4.69, 9.17) is 4.74 Å². The molecule has 0 aliphatic carbocycles. The van der Waals surface area contributed by atoms with Crippen molar-refractivity contribution in [2.75, 3.05) is 0 Å². The lowest BCUT2D eigenvalue weighted by Crippen LogP contribution is -2.04. The molecule has 23 heavy (non-hydrogen) atoms. The summed E-state index contributed by atoms with van der Waals surface area (Å²) in [6.07, 6.45) is -4.65. The third-order valence-electron chi connectivity index (χ3n) is 2.95. The van der Waals surface area contributed by atoms with Crippen LogP contribution in [0.1, 0.15) is 17.1 Å². The first-order valence-corrected chi connectivity index (χ1v) is 6.57. The predicted octanol–water partition coefficient (Wildman–Crippen LogP) is 3.37. The normalized spacial score (nSPS) is 11.7. The summed E-state index contributed by atoms with van der Waals surface area (Å²) in [5.74, 6) is -1.01. The molecular formula is C14H11F3N4O2. The van der Waals surface area contributed by atoms with Gasteiger partial charge in [0.1, 0.15) is 6.61 Å². The molecular weight excluding hydrogens is 313 g/mol. The van der Waals surface area contributed by atoms with Crippen molar-refractivity contribution in [3.8, 4) is 17.3 Å². The van der Waals surface area contributed by atoms with Crippen molar-refractivity contribution in [3.63, 3.8) is 0 Å². The van der Waals surface area contributed by atoms with Gasteiger partial charge in [-0.25, -0.2) is 0 Å². The van der Waals surface area contributed by atoms with E-state index in [0.29, 0.717) is 11.4 Å². The number of nitrogens with zero attached hydrogens (tertiary/aromatic N) is 3. The van der Waals surface area contributed by atoms with Crippen LogP contribution in [0.3, 0.4) is 0 Å². The van der Waals surface area contributed by atoms with Gasteiger partial charge in [0.15, 0.2) is 0 Å². The topological polar surface area (TPSA) is 76.8 Å². The highest BCUT2D eigenvalue weighted by Crippen LogP contribution is 2.29. The average Bonchev–Trinajstić information content (AvgIpc) is 3.14. The number of aryl methyl sites for hydroxylation is 1. The third kappa shape index (κ3) is 3.50. The van der Waals surface area contributed by atoms with Crippen molar-refractivity contribution in [1.82, 2.24) is 20.3 Å². The Kier molecular flexibility index (Phi) is 3.77. The smallest absolute Gasteiger partial charge is 0.471 e. The number of hydrogen-bond donors (Lipinski definition) is 1. The number of alkyl halides is 3. The molecule has 3 rings (SSSR count). The molecule has 0 atom stereocenters. The summed E-state index contributed by atoms with van der Waals surface area (Å²) in [6, 6.07) is 8.36. The molecule has 0 saturated heterocycles. The lowest BCUT2D eigenvalue weighted by atomic mass is 10.1. The van der Waals surface area contributed by atoms with Crippen molar-refractivity contribution in [3.05, 3.63) is 47.5 Å². The minimum Gasteiger partial charge on any atom is -0.472 e. The van der Waals surface area contributed by atoms with Crippen LogP contribution in [0.2, 0.25) is 0 Å². The first kappa shape index (κ1) is 15.1. The van der Waals surface area contributed by atoms with Crippen LogP contribution in [0.15, 0.2) is 34.9 Å². The molecule has 0 amide bonds. The van der Waals surface area contributed by atoms with Gasteiger partial charge in [-0.15, -0.1) is 5.10 Å². The van der Waals surface area contributed by atoms with Gasteiger partial charge in [-0.05, 0) is 12.5 Å². The second kappa shape index (κ2) is 5.75. The van der Waals surface area contributed by atoms with Crippen molar-refractivity contribution in [2.45, 2.75) is 19.7 Å². The van der Waals surface area contributed by atoms with Crippen molar-refractivity contribution >= 4 is 0 Å². The molecule has 0 spiro atoms. The van der Waals surface area contributed by atoms with E-state index < -0.39 is 12.1 Å². The number of rotatable bonds is 4. The Morgan fingerprint density at radius 3 is 2.52 bits per heavy atom. The summed E-state index contributed by atoms with van der Waals surface area (Å²) in [5, 5.41) is 10.0. The van der Waals surface area contributed by atoms with E-state index in [1.165, 1.54) is 0 Å². The number of hydrogen-bond acceptors (Lipinski definition) is 5. The maximum atomic E-state index is 12.4. The molecule has 3 aromatic rings. The summed E-state index contributed by atoms with van der Waals surface area (Å²) in [7, 11) is 0. The van der Waals surface area contributed by atoms with E-state index in [1.807, 2.05) is 6.92 Å². The number of H-pyrrole nitrogens is 1. The van der Waals surface area contributed by atoms with E-state index in [2.05, 4.69) is 24.9 Å². The summed E-state index contributed by atoms with van der Waals surface area (Å²) in [6.45, 7) is 2.14. The third-order valence-corrected chi connectivity index (χ3v) is 2.95. The standard InChI is InChI=1S/C14H11F3N4O2/c1-8-6-11(20-19-8)22-7-9-2-4-10(5-3-9)12-18-13(23-21-12)14(15,16)17/h2-6H,7H2,1H3,(H,19,20). The summed E-state index contributed by atoms with van der Waals surface area (Å²) < 4.78 is 46.9. The van der Waals surface area contributed by atoms with Gasteiger partial charge < -0.3 is 9.26 Å². The van der Waals surface area contributed by atoms with Gasteiger partial charge in [0.2, 0.25) is 11.7 Å². The van der Waals surface area contributed by atoms with Crippen LogP contribution in [-0.4, -0.2) is 20.3 Å². The Bertz CT molecular complexity index is 793. The van der Waals surface area contributed by atoms with Gasteiger partial charge in [-0.1, -0.05) is 29.4 Å². The quantitative estimate of drug-likeness (QED) is 0.796. The first-order chi connectivity index (χ1) is 10.9. The summed E-state index contributed by atoms with van der Waals surface area (Å²) >= 11 is 0. The monoisotopic (exact) mass is 324 g/mol. The van der Waals surface area contributed by atoms with Gasteiger partial charge in [0, 0.05) is 17.3 Å². The second-order valence-corrected chi connectivity index (χ2v) is 4.80. The van der Waals surface area contributed by atoms with Crippen LogP contribution in [0, 0.1) is 6.92 Å². The van der Waals surface area contributed by atoms with Gasteiger partial charge in [-0.2, -0.15) is 18.2 Å². The van der Waals surface area contributed by atoms with E-state index in [1.54, 1.807) is 30.3 Å². The van der Waals surface area contributed by atoms with Crippen molar-refractivity contribution in [1.29, 1.82) is 0 Å². The Labute approximate surface area is 128 Å². The lowest BCUT2D eigenvalue weighted by molar-refractivity contribution is -0.159. The first-order valence-electron chi connectivity index (χ1n) is 6.57. The lowest BCUT2D eigenvalue weighted by Gasteiger charge is -2.03. The zero-order chi connectivity index (χ0) is 16.4. The van der Waals surface area contributed by atoms with Gasteiger partial charge in [0.05, 0.1) is 0 Å². The molecule has 9 heteroatoms. The fourth-order valence-electron chi connectivity index (χ4n) is 1.83. The molecule has 2 aromatic heterocycles. The van der Waals surface area contributed by atoms with Gasteiger partial charge >= 0.3 is 12.1 Å². The predicted molar refractivity (Wildman–Crippen MR) is 72.4 cm³/mol. The fourth-order valence-corrected chi connectivity index (χ4v) is 1.83. The Balaban J connectivity index is 1.68. The molecule has 0 fully saturated rings. The SMILES string of the molecule is Cc1cc(OCc2ccc(-c3noc(C(F)(F)F)n3)cc2)n[nH]1. The van der Waals surface area contributed by atoms with Crippen molar-refractivity contribution in [2.24, 2.45) is 0 Å². The van der Waals surface area contributed by atoms with Crippen molar-refractivity contribution < 1.29 is 22.4 Å². The number of benzene rings is 1. The van der Waals surface area contributed by atoms with Crippen LogP contribution in [0.4, 0.5) is 13.2 Å². The molecule has 6 nitrogen and oxygen atoms in total. The number of halogens is 3. The van der Waals surface area contributed by atoms with Crippen LogP contribution >= 0.6 is 0 Å². The number of aromatic nitrogens is 4. The Hall–Kier alpha value is -2.84. The van der Waals surface area contributed by atoms with E-state index in [0.717, 1.165) is 11.3 Å². The number of nitrogens with one attached hydrogen (secondary N) is 1. The largest absolute Gasteiger partial charge is 0.472 e.